The SMILES string of the molecule is Cc1nc2cc(NC(=O)CN3CCC[C@@H]3c3nc(-c4cccnc4)n[nH]3)ccc2n1C. The van der Waals surface area contributed by atoms with Crippen molar-refractivity contribution in [3.05, 3.63) is 54.4 Å². The molecule has 1 aliphatic rings. The highest BCUT2D eigenvalue weighted by Gasteiger charge is 2.30. The Kier molecular flexibility index (Phi) is 4.95. The largest absolute Gasteiger partial charge is 0.331 e. The Balaban J connectivity index is 1.27. The van der Waals surface area contributed by atoms with E-state index in [1.54, 1.807) is 12.4 Å². The Morgan fingerprint density at radius 1 is 1.29 bits per heavy atom. The minimum Gasteiger partial charge on any atom is -0.331 e. The molecule has 1 aliphatic heterocycles. The van der Waals surface area contributed by atoms with Crippen molar-refractivity contribution in [2.45, 2.75) is 25.8 Å². The van der Waals surface area contributed by atoms with E-state index in [0.29, 0.717) is 12.4 Å². The molecule has 1 amide bonds. The number of hydrogen-bond acceptors (Lipinski definition) is 6. The summed E-state index contributed by atoms with van der Waals surface area (Å²) in [5.41, 5.74) is 3.55. The molecule has 0 aliphatic carbocycles. The standard InChI is InChI=1S/C22H24N8O/c1-14-24-17-11-16(7-8-18(17)29(14)2)25-20(31)13-30-10-4-6-19(30)22-26-21(27-28-22)15-5-3-9-23-12-15/h3,5,7-9,11-12,19H,4,6,10,13H2,1-2H3,(H,25,31)(H,26,27,28)/t19-/m1/s1. The number of aromatic nitrogens is 6. The molecule has 9 nitrogen and oxygen atoms in total. The number of aromatic amines is 1. The molecule has 9 heteroatoms. The highest BCUT2D eigenvalue weighted by molar-refractivity contribution is 5.94. The summed E-state index contributed by atoms with van der Waals surface area (Å²) in [7, 11) is 1.99. The van der Waals surface area contributed by atoms with Gasteiger partial charge in [0, 0.05) is 30.7 Å². The Labute approximate surface area is 179 Å². The third-order valence-electron chi connectivity index (χ3n) is 5.84. The van der Waals surface area contributed by atoms with Crippen LogP contribution in [-0.2, 0) is 11.8 Å². The maximum atomic E-state index is 12.7. The van der Waals surface area contributed by atoms with Crippen LogP contribution in [-0.4, -0.2) is 53.6 Å². The third kappa shape index (κ3) is 3.79. The molecule has 158 valence electrons. The molecule has 5 rings (SSSR count). The zero-order valence-electron chi connectivity index (χ0n) is 17.5. The van der Waals surface area contributed by atoms with Crippen molar-refractivity contribution in [3.63, 3.8) is 0 Å². The zero-order valence-corrected chi connectivity index (χ0v) is 17.5. The molecule has 0 spiro atoms. The lowest BCUT2D eigenvalue weighted by Crippen LogP contribution is -2.33. The van der Waals surface area contributed by atoms with E-state index >= 15 is 0 Å². The number of amides is 1. The van der Waals surface area contributed by atoms with Crippen LogP contribution in [0.3, 0.4) is 0 Å². The normalized spacial score (nSPS) is 16.8. The number of hydrogen-bond donors (Lipinski definition) is 2. The Morgan fingerprint density at radius 2 is 2.19 bits per heavy atom. The van der Waals surface area contributed by atoms with Gasteiger partial charge in [0.1, 0.15) is 11.6 Å². The van der Waals surface area contributed by atoms with Crippen LogP contribution in [0.5, 0.6) is 0 Å². The van der Waals surface area contributed by atoms with Gasteiger partial charge in [0.05, 0.1) is 23.6 Å². The van der Waals surface area contributed by atoms with Crippen LogP contribution >= 0.6 is 0 Å². The predicted molar refractivity (Wildman–Crippen MR) is 117 cm³/mol. The van der Waals surface area contributed by atoms with Crippen molar-refractivity contribution in [2.75, 3.05) is 18.4 Å². The average Bonchev–Trinajstić information content (AvgIpc) is 3.49. The number of aryl methyl sites for hydroxylation is 2. The number of carbonyl (C=O) groups excluding carboxylic acids is 1. The highest BCUT2D eigenvalue weighted by Crippen LogP contribution is 2.30. The van der Waals surface area contributed by atoms with Crippen molar-refractivity contribution in [3.8, 4) is 11.4 Å². The molecule has 3 aromatic heterocycles. The monoisotopic (exact) mass is 416 g/mol. The summed E-state index contributed by atoms with van der Waals surface area (Å²) >= 11 is 0. The summed E-state index contributed by atoms with van der Waals surface area (Å²) in [6, 6.07) is 9.65. The summed E-state index contributed by atoms with van der Waals surface area (Å²) in [6.07, 6.45) is 5.42. The molecule has 0 radical (unpaired) electrons. The molecule has 2 N–H and O–H groups in total. The zero-order chi connectivity index (χ0) is 21.4. The van der Waals surface area contributed by atoms with Gasteiger partial charge in [0.15, 0.2) is 5.82 Å². The van der Waals surface area contributed by atoms with Crippen LogP contribution in [0.15, 0.2) is 42.7 Å². The van der Waals surface area contributed by atoms with Gasteiger partial charge in [-0.2, -0.15) is 5.10 Å². The maximum absolute atomic E-state index is 12.7. The van der Waals surface area contributed by atoms with Crippen molar-refractivity contribution >= 4 is 22.6 Å². The van der Waals surface area contributed by atoms with Gasteiger partial charge >= 0.3 is 0 Å². The molecule has 1 aromatic carbocycles. The van der Waals surface area contributed by atoms with Crippen LogP contribution in [0.1, 0.15) is 30.5 Å². The number of anilines is 1. The molecule has 0 unspecified atom stereocenters. The number of carbonyl (C=O) groups is 1. The first-order chi connectivity index (χ1) is 15.1. The lowest BCUT2D eigenvalue weighted by molar-refractivity contribution is -0.117. The number of H-pyrrole nitrogens is 1. The molecule has 0 bridgehead atoms. The first-order valence-corrected chi connectivity index (χ1v) is 10.4. The van der Waals surface area contributed by atoms with Gasteiger partial charge in [0.25, 0.3) is 0 Å². The molecule has 1 atom stereocenters. The fourth-order valence-corrected chi connectivity index (χ4v) is 4.16. The lowest BCUT2D eigenvalue weighted by Gasteiger charge is -2.21. The molecule has 31 heavy (non-hydrogen) atoms. The maximum Gasteiger partial charge on any atom is 0.238 e. The van der Waals surface area contributed by atoms with E-state index in [-0.39, 0.29) is 11.9 Å². The fourth-order valence-electron chi connectivity index (χ4n) is 4.16. The van der Waals surface area contributed by atoms with Gasteiger partial charge in [-0.1, -0.05) is 0 Å². The molecule has 0 saturated carbocycles. The quantitative estimate of drug-likeness (QED) is 0.518. The van der Waals surface area contributed by atoms with Gasteiger partial charge in [-0.15, -0.1) is 0 Å². The number of nitrogens with zero attached hydrogens (tertiary/aromatic N) is 6. The second-order valence-electron chi connectivity index (χ2n) is 7.88. The van der Waals surface area contributed by atoms with Gasteiger partial charge < -0.3 is 9.88 Å². The molecule has 4 aromatic rings. The average molecular weight is 416 g/mol. The molecule has 1 fully saturated rings. The van der Waals surface area contributed by atoms with E-state index in [1.165, 1.54) is 0 Å². The third-order valence-corrected chi connectivity index (χ3v) is 5.84. The molecule has 1 saturated heterocycles. The van der Waals surface area contributed by atoms with Crippen LogP contribution in [0.2, 0.25) is 0 Å². The van der Waals surface area contributed by atoms with Crippen molar-refractivity contribution < 1.29 is 4.79 Å². The van der Waals surface area contributed by atoms with Gasteiger partial charge in [0.2, 0.25) is 5.91 Å². The first-order valence-electron chi connectivity index (χ1n) is 10.4. The van der Waals surface area contributed by atoms with Crippen molar-refractivity contribution in [1.29, 1.82) is 0 Å². The smallest absolute Gasteiger partial charge is 0.238 e. The van der Waals surface area contributed by atoms with Crippen LogP contribution in [0, 0.1) is 6.92 Å². The second-order valence-corrected chi connectivity index (χ2v) is 7.88. The Hall–Kier alpha value is -3.59. The number of rotatable bonds is 5. The molecular weight excluding hydrogens is 392 g/mol. The summed E-state index contributed by atoms with van der Waals surface area (Å²) in [5.74, 6) is 2.30. The summed E-state index contributed by atoms with van der Waals surface area (Å²) in [6.45, 7) is 3.11. The van der Waals surface area contributed by atoms with Crippen LogP contribution in [0.4, 0.5) is 5.69 Å². The van der Waals surface area contributed by atoms with Crippen molar-refractivity contribution in [2.24, 2.45) is 7.05 Å². The number of benzene rings is 1. The number of likely N-dealkylation sites (tertiary alicyclic amines) is 1. The van der Waals surface area contributed by atoms with E-state index in [4.69, 9.17) is 0 Å². The number of pyridine rings is 1. The minimum absolute atomic E-state index is 0.0459. The summed E-state index contributed by atoms with van der Waals surface area (Å²) in [4.78, 5) is 28.2. The lowest BCUT2D eigenvalue weighted by atomic mass is 10.2. The second kappa shape index (κ2) is 7.92. The van der Waals surface area contributed by atoms with Crippen LogP contribution < -0.4 is 5.32 Å². The van der Waals surface area contributed by atoms with E-state index in [0.717, 1.165) is 53.3 Å². The van der Waals surface area contributed by atoms with E-state index in [1.807, 2.05) is 48.9 Å². The number of nitrogens with one attached hydrogen (secondary N) is 2. The topological polar surface area (TPSA) is 105 Å². The van der Waals surface area contributed by atoms with E-state index in [2.05, 4.69) is 35.4 Å². The van der Waals surface area contributed by atoms with E-state index in [9.17, 15) is 4.79 Å². The summed E-state index contributed by atoms with van der Waals surface area (Å²) < 4.78 is 2.03. The Morgan fingerprint density at radius 3 is 3.03 bits per heavy atom. The van der Waals surface area contributed by atoms with E-state index < -0.39 is 0 Å². The van der Waals surface area contributed by atoms with Gasteiger partial charge in [-0.3, -0.25) is 19.8 Å². The van der Waals surface area contributed by atoms with Gasteiger partial charge in [-0.05, 0) is 56.6 Å². The van der Waals surface area contributed by atoms with Gasteiger partial charge in [-0.25, -0.2) is 9.97 Å². The molecule has 4 heterocycles. The number of fused-ring (bicyclic) bond motifs is 1. The highest BCUT2D eigenvalue weighted by atomic mass is 16.2. The first kappa shape index (κ1) is 19.4. The number of imidazole rings is 1. The fraction of sp³-hybridized carbons (Fsp3) is 0.318. The minimum atomic E-state index is -0.0501. The summed E-state index contributed by atoms with van der Waals surface area (Å²) in [5, 5.41) is 10.4. The predicted octanol–water partition coefficient (Wildman–Crippen LogP) is 2.84. The van der Waals surface area contributed by atoms with Crippen LogP contribution in [0.25, 0.3) is 22.4 Å². The Bertz CT molecular complexity index is 1230. The molecular formula is C22H24N8O. The van der Waals surface area contributed by atoms with Crippen molar-refractivity contribution in [1.82, 2.24) is 34.6 Å².